The quantitative estimate of drug-likeness (QED) is 0.214. The van der Waals surface area contributed by atoms with Crippen LogP contribution < -0.4 is 11.1 Å². The number of hydrogen-bond donors (Lipinski definition) is 3. The van der Waals surface area contributed by atoms with E-state index in [2.05, 4.69) is 85.6 Å². The maximum Gasteiger partial charge on any atom is 0.307 e. The number of ether oxygens (including phenoxy) is 2. The fourth-order valence-corrected chi connectivity index (χ4v) is 12.4. The molecule has 2 bridgehead atoms. The van der Waals surface area contributed by atoms with Gasteiger partial charge in [-0.15, -0.1) is 5.10 Å². The second-order valence-electron chi connectivity index (χ2n) is 20.2. The molecule has 2 heterocycles. The van der Waals surface area contributed by atoms with Gasteiger partial charge in [0.1, 0.15) is 6.33 Å². The summed E-state index contributed by atoms with van der Waals surface area (Å²) in [6, 6.07) is -0.231. The van der Waals surface area contributed by atoms with Crippen LogP contribution in [-0.4, -0.2) is 69.3 Å². The van der Waals surface area contributed by atoms with Gasteiger partial charge >= 0.3 is 5.97 Å². The van der Waals surface area contributed by atoms with Crippen LogP contribution in [0.25, 0.3) is 0 Å². The van der Waals surface area contributed by atoms with Gasteiger partial charge in [0, 0.05) is 22.4 Å². The highest BCUT2D eigenvalue weighted by atomic mass is 16.5. The average molecular weight is 724 g/mol. The van der Waals surface area contributed by atoms with Gasteiger partial charge in [-0.05, 0) is 105 Å². The third-order valence-electron chi connectivity index (χ3n) is 16.5. The number of carboxylic acids is 1. The molecule has 1 aromatic rings. The number of aliphatic carboxylic acids is 1. The number of nitrogens with two attached hydrogens (primary N) is 1. The molecule has 4 fully saturated rings. The van der Waals surface area contributed by atoms with Gasteiger partial charge < -0.3 is 25.6 Å². The molecule has 1 unspecified atom stereocenters. The van der Waals surface area contributed by atoms with Crippen LogP contribution in [-0.2, 0) is 14.3 Å². The standard InChI is InChI=1S/C42H69N5O5/c1-24(2)27(7)37(8)17-18-39(10)28-13-14-31-38(9)20-51-22-42(31,29(28)15-16-40(39,11)32(37)36(49)50)19-30(33(38)52-21-41(12,43)25(3)4)47-23-44-34(46-47)35(48)45-26(5)6/h15,23-28,30-33H,13-14,16-22,43H2,1-12H3,(H,45,48)(H,49,50)/t27-,28+,30-,31+,32-,33+,37-,38?,39-,40+,41+,42+/m1/s1. The van der Waals surface area contributed by atoms with Crippen LogP contribution in [0, 0.1) is 62.6 Å². The summed E-state index contributed by atoms with van der Waals surface area (Å²) in [6.07, 6.45) is 9.40. The first-order valence-electron chi connectivity index (χ1n) is 20.2. The Morgan fingerprint density at radius 3 is 2.38 bits per heavy atom. The van der Waals surface area contributed by atoms with Crippen molar-refractivity contribution >= 4 is 11.9 Å². The lowest BCUT2D eigenvalue weighted by Crippen LogP contribution is -2.69. The molecule has 10 heteroatoms. The normalized spacial score (nSPS) is 41.8. The number of carbonyl (C=O) groups is 2. The minimum Gasteiger partial charge on any atom is -0.481 e. The lowest BCUT2D eigenvalue weighted by atomic mass is 9.34. The lowest BCUT2D eigenvalue weighted by molar-refractivity contribution is -0.252. The molecule has 12 atom stereocenters. The molecule has 1 aromatic heterocycles. The molecular weight excluding hydrogens is 654 g/mol. The molecule has 0 spiro atoms. The zero-order valence-corrected chi connectivity index (χ0v) is 34.2. The summed E-state index contributed by atoms with van der Waals surface area (Å²) in [5, 5.41) is 18.9. The smallest absolute Gasteiger partial charge is 0.307 e. The predicted molar refractivity (Wildman–Crippen MR) is 202 cm³/mol. The minimum absolute atomic E-state index is 0.0324. The van der Waals surface area contributed by atoms with Crippen molar-refractivity contribution in [1.82, 2.24) is 20.1 Å². The van der Waals surface area contributed by atoms with Crippen molar-refractivity contribution in [2.75, 3.05) is 19.8 Å². The highest BCUT2D eigenvalue weighted by Gasteiger charge is 2.72. The summed E-state index contributed by atoms with van der Waals surface area (Å²) in [5.74, 6) is 0.268. The fourth-order valence-electron chi connectivity index (χ4n) is 12.4. The zero-order chi connectivity index (χ0) is 38.4. The van der Waals surface area contributed by atoms with E-state index < -0.39 is 22.8 Å². The van der Waals surface area contributed by atoms with Gasteiger partial charge in [-0.25, -0.2) is 9.67 Å². The molecule has 1 amide bonds. The Labute approximate surface area is 312 Å². The van der Waals surface area contributed by atoms with Crippen LogP contribution in [0.15, 0.2) is 18.0 Å². The van der Waals surface area contributed by atoms with E-state index in [1.54, 1.807) is 6.33 Å². The van der Waals surface area contributed by atoms with Crippen molar-refractivity contribution in [2.45, 2.75) is 145 Å². The fraction of sp³-hybridized carbons (Fsp3) is 0.857. The summed E-state index contributed by atoms with van der Waals surface area (Å²) in [6.45, 7) is 27.9. The first-order chi connectivity index (χ1) is 24.1. The molecule has 10 nitrogen and oxygen atoms in total. The van der Waals surface area contributed by atoms with Crippen LogP contribution in [0.1, 0.15) is 138 Å². The molecule has 1 saturated heterocycles. The Hall–Kier alpha value is -2.30. The topological polar surface area (TPSA) is 142 Å². The third kappa shape index (κ3) is 5.73. The van der Waals surface area contributed by atoms with Crippen molar-refractivity contribution in [3.8, 4) is 0 Å². The summed E-state index contributed by atoms with van der Waals surface area (Å²) in [5.41, 5.74) is 6.28. The van der Waals surface area contributed by atoms with Crippen molar-refractivity contribution in [3.63, 3.8) is 0 Å². The van der Waals surface area contributed by atoms with Crippen molar-refractivity contribution in [3.05, 3.63) is 23.8 Å². The summed E-state index contributed by atoms with van der Waals surface area (Å²) in [7, 11) is 0. The van der Waals surface area contributed by atoms with E-state index in [0.717, 1.165) is 38.5 Å². The first kappa shape index (κ1) is 39.4. The highest BCUT2D eigenvalue weighted by Crippen LogP contribution is 2.75. The van der Waals surface area contributed by atoms with Gasteiger partial charge in [-0.3, -0.25) is 9.59 Å². The monoisotopic (exact) mass is 724 g/mol. The number of carbonyl (C=O) groups excluding carboxylic acids is 1. The van der Waals surface area contributed by atoms with E-state index in [0.29, 0.717) is 37.6 Å². The number of nitrogens with zero attached hydrogens (tertiary/aromatic N) is 3. The van der Waals surface area contributed by atoms with Crippen LogP contribution in [0.4, 0.5) is 0 Å². The number of carboxylic acid groups (broad SMARTS) is 1. The number of rotatable bonds is 10. The Bertz CT molecular complexity index is 1570. The molecule has 52 heavy (non-hydrogen) atoms. The van der Waals surface area contributed by atoms with Crippen LogP contribution in [0.5, 0.6) is 0 Å². The van der Waals surface area contributed by atoms with E-state index >= 15 is 0 Å². The van der Waals surface area contributed by atoms with Gasteiger partial charge in [-0.1, -0.05) is 74.0 Å². The Morgan fingerprint density at radius 2 is 1.77 bits per heavy atom. The largest absolute Gasteiger partial charge is 0.481 e. The second kappa shape index (κ2) is 13.2. The average Bonchev–Trinajstić information content (AvgIpc) is 3.54. The molecule has 6 rings (SSSR count). The molecule has 3 saturated carbocycles. The van der Waals surface area contributed by atoms with E-state index in [-0.39, 0.29) is 63.4 Å². The molecule has 292 valence electrons. The van der Waals surface area contributed by atoms with Crippen LogP contribution in [0.2, 0.25) is 0 Å². The molecule has 4 aliphatic carbocycles. The van der Waals surface area contributed by atoms with E-state index in [1.807, 2.05) is 18.5 Å². The highest BCUT2D eigenvalue weighted by molar-refractivity contribution is 5.90. The Morgan fingerprint density at radius 1 is 1.08 bits per heavy atom. The number of allylic oxidation sites excluding steroid dienone is 1. The predicted octanol–water partition coefficient (Wildman–Crippen LogP) is 7.30. The number of hydrogen-bond acceptors (Lipinski definition) is 7. The molecule has 4 N–H and O–H groups in total. The van der Waals surface area contributed by atoms with Crippen molar-refractivity contribution in [1.29, 1.82) is 0 Å². The third-order valence-corrected chi connectivity index (χ3v) is 16.5. The van der Waals surface area contributed by atoms with Crippen molar-refractivity contribution in [2.24, 2.45) is 68.3 Å². The summed E-state index contributed by atoms with van der Waals surface area (Å²) >= 11 is 0. The lowest BCUT2D eigenvalue weighted by Gasteiger charge is -2.71. The van der Waals surface area contributed by atoms with Crippen molar-refractivity contribution < 1.29 is 24.2 Å². The Kier molecular flexibility index (Phi) is 9.98. The molecule has 5 aliphatic rings. The maximum atomic E-state index is 13.5. The minimum atomic E-state index is -0.643. The van der Waals surface area contributed by atoms with Gasteiger partial charge in [0.05, 0.1) is 37.9 Å². The SMILES string of the molecule is CC(C)NC(=O)c1ncn([C@@H]2C[C@@]34COCC(C)([C@H]2OC[C@](C)(N)C(C)C)[C@@H]3CC[C@H]2C4=CC[C@@]3(C)[C@H](C(=O)O)[C@@](C)([C@H](C)C(C)C)CC[C@]23C)n1. The molecule has 0 radical (unpaired) electrons. The number of aromatic nitrogens is 3. The number of nitrogens with one attached hydrogen (secondary N) is 1. The summed E-state index contributed by atoms with van der Waals surface area (Å²) < 4.78 is 15.6. The van der Waals surface area contributed by atoms with E-state index in [9.17, 15) is 14.7 Å². The first-order valence-corrected chi connectivity index (χ1v) is 20.2. The van der Waals surface area contributed by atoms with Gasteiger partial charge in [0.2, 0.25) is 5.82 Å². The number of fused-ring (bicyclic) bond motifs is 3. The maximum absolute atomic E-state index is 13.5. The molecule has 0 aromatic carbocycles. The zero-order valence-electron chi connectivity index (χ0n) is 34.2. The van der Waals surface area contributed by atoms with Gasteiger partial charge in [0.15, 0.2) is 0 Å². The Balaban J connectivity index is 1.45. The summed E-state index contributed by atoms with van der Waals surface area (Å²) in [4.78, 5) is 31.1. The second-order valence-corrected chi connectivity index (χ2v) is 20.2. The van der Waals surface area contributed by atoms with Crippen LogP contribution in [0.3, 0.4) is 0 Å². The van der Waals surface area contributed by atoms with Gasteiger partial charge in [0.25, 0.3) is 5.91 Å². The van der Waals surface area contributed by atoms with E-state index in [1.165, 1.54) is 5.57 Å². The van der Waals surface area contributed by atoms with Crippen LogP contribution >= 0.6 is 0 Å². The molecule has 1 aliphatic heterocycles. The van der Waals surface area contributed by atoms with Gasteiger partial charge in [-0.2, -0.15) is 0 Å². The number of amides is 1. The molecular formula is C42H69N5O5. The van der Waals surface area contributed by atoms with E-state index in [4.69, 9.17) is 20.3 Å².